The summed E-state index contributed by atoms with van der Waals surface area (Å²) in [5.41, 5.74) is 2.47. The van der Waals surface area contributed by atoms with Crippen molar-refractivity contribution in [1.29, 1.82) is 0 Å². The van der Waals surface area contributed by atoms with E-state index in [1.807, 2.05) is 0 Å². The van der Waals surface area contributed by atoms with Crippen LogP contribution in [-0.4, -0.2) is 42.3 Å². The van der Waals surface area contributed by atoms with Gasteiger partial charge in [0.05, 0.1) is 12.0 Å². The average Bonchev–Trinajstić information content (AvgIpc) is 2.85. The topological polar surface area (TPSA) is 61.4 Å². The molecule has 0 saturated carbocycles. The van der Waals surface area contributed by atoms with E-state index in [2.05, 4.69) is 75.6 Å². The lowest BCUT2D eigenvalue weighted by Crippen LogP contribution is -2.44. The first kappa shape index (κ1) is 21.6. The van der Waals surface area contributed by atoms with Crippen molar-refractivity contribution in [2.75, 3.05) is 36.0 Å². The molecule has 1 aromatic heterocycles. The first-order valence-corrected chi connectivity index (χ1v) is 11.9. The number of nitrogens with zero attached hydrogens (tertiary/aromatic N) is 4. The summed E-state index contributed by atoms with van der Waals surface area (Å²) in [6.45, 7) is 7.98. The van der Waals surface area contributed by atoms with Gasteiger partial charge in [0.2, 0.25) is 5.91 Å². The summed E-state index contributed by atoms with van der Waals surface area (Å²) in [6.07, 6.45) is 6.71. The molecular weight excluding hydrogens is 386 g/mol. The smallest absolute Gasteiger partial charge is 0.225 e. The number of carbonyl (C=O) groups excluding carboxylic acids is 1. The maximum absolute atomic E-state index is 13.0. The van der Waals surface area contributed by atoms with Crippen LogP contribution in [0.15, 0.2) is 36.4 Å². The molecule has 0 aliphatic carbocycles. The number of piperidine rings is 2. The van der Waals surface area contributed by atoms with Crippen LogP contribution >= 0.6 is 0 Å². The van der Waals surface area contributed by atoms with Gasteiger partial charge in [0.1, 0.15) is 0 Å². The normalized spacial score (nSPS) is 20.4. The zero-order valence-electron chi connectivity index (χ0n) is 18.9. The molecule has 2 saturated heterocycles. The fourth-order valence-electron chi connectivity index (χ4n) is 4.63. The van der Waals surface area contributed by atoms with E-state index < -0.39 is 0 Å². The highest BCUT2D eigenvalue weighted by atomic mass is 16.2. The molecule has 1 amide bonds. The molecule has 0 radical (unpaired) electrons. The average molecular weight is 422 g/mol. The number of aromatic nitrogens is 2. The van der Waals surface area contributed by atoms with E-state index in [-0.39, 0.29) is 17.9 Å². The van der Waals surface area contributed by atoms with Gasteiger partial charge in [-0.15, -0.1) is 10.2 Å². The fourth-order valence-corrected chi connectivity index (χ4v) is 4.63. The molecule has 3 heterocycles. The van der Waals surface area contributed by atoms with Crippen molar-refractivity contribution in [2.45, 2.75) is 58.4 Å². The summed E-state index contributed by atoms with van der Waals surface area (Å²) in [5, 5.41) is 12.2. The molecule has 2 aliphatic rings. The van der Waals surface area contributed by atoms with E-state index in [1.165, 1.54) is 24.8 Å². The molecule has 6 nitrogen and oxygen atoms in total. The first-order chi connectivity index (χ1) is 15.1. The Morgan fingerprint density at radius 2 is 1.61 bits per heavy atom. The molecule has 6 heteroatoms. The van der Waals surface area contributed by atoms with Crippen LogP contribution in [0.1, 0.15) is 63.1 Å². The van der Waals surface area contributed by atoms with Gasteiger partial charge < -0.3 is 15.1 Å². The van der Waals surface area contributed by atoms with Crippen LogP contribution in [-0.2, 0) is 11.2 Å². The number of nitrogens with one attached hydrogen (secondary N) is 1. The highest BCUT2D eigenvalue weighted by molar-refractivity contribution is 5.80. The van der Waals surface area contributed by atoms with Gasteiger partial charge in [-0.05, 0) is 68.7 Å². The van der Waals surface area contributed by atoms with E-state index in [4.69, 9.17) is 0 Å². The van der Waals surface area contributed by atoms with Crippen LogP contribution in [0.5, 0.6) is 0 Å². The van der Waals surface area contributed by atoms with Gasteiger partial charge in [0, 0.05) is 26.2 Å². The lowest BCUT2D eigenvalue weighted by molar-refractivity contribution is -0.125. The van der Waals surface area contributed by atoms with Crippen molar-refractivity contribution in [2.24, 2.45) is 5.92 Å². The highest BCUT2D eigenvalue weighted by Crippen LogP contribution is 2.24. The predicted octanol–water partition coefficient (Wildman–Crippen LogP) is 4.12. The largest absolute Gasteiger partial charge is 0.355 e. The number of anilines is 2. The molecule has 2 aromatic rings. The Hall–Kier alpha value is -2.63. The van der Waals surface area contributed by atoms with Gasteiger partial charge in [-0.1, -0.05) is 31.2 Å². The van der Waals surface area contributed by atoms with Gasteiger partial charge in [0.15, 0.2) is 11.6 Å². The Labute approximate surface area is 186 Å². The van der Waals surface area contributed by atoms with Crippen LogP contribution in [0.3, 0.4) is 0 Å². The first-order valence-electron chi connectivity index (χ1n) is 11.9. The standard InChI is InChI=1S/C25H35N5O/c1-3-20-9-11-21(12-10-20)19(2)26-25(31)22-8-7-17-30(18-22)24-14-13-23(27-28-24)29-15-5-4-6-16-29/h9-14,19,22H,3-8,15-18H2,1-2H3,(H,26,31). The minimum absolute atomic E-state index is 0.0115. The number of benzene rings is 1. The van der Waals surface area contributed by atoms with Crippen molar-refractivity contribution >= 4 is 17.5 Å². The highest BCUT2D eigenvalue weighted by Gasteiger charge is 2.28. The van der Waals surface area contributed by atoms with Gasteiger partial charge in [0.25, 0.3) is 0 Å². The zero-order valence-corrected chi connectivity index (χ0v) is 18.9. The predicted molar refractivity (Wildman–Crippen MR) is 125 cm³/mol. The van der Waals surface area contributed by atoms with Crippen molar-refractivity contribution in [3.63, 3.8) is 0 Å². The molecule has 1 aromatic carbocycles. The van der Waals surface area contributed by atoms with Crippen LogP contribution in [0.25, 0.3) is 0 Å². The van der Waals surface area contributed by atoms with Crippen LogP contribution in [0, 0.1) is 5.92 Å². The third-order valence-electron chi connectivity index (χ3n) is 6.68. The van der Waals surface area contributed by atoms with E-state index in [9.17, 15) is 4.79 Å². The molecular formula is C25H35N5O. The molecule has 2 atom stereocenters. The van der Waals surface area contributed by atoms with E-state index >= 15 is 0 Å². The van der Waals surface area contributed by atoms with E-state index in [1.54, 1.807) is 0 Å². The quantitative estimate of drug-likeness (QED) is 0.760. The Kier molecular flexibility index (Phi) is 7.05. The number of carbonyl (C=O) groups is 1. The third kappa shape index (κ3) is 5.35. The minimum atomic E-state index is -0.0188. The number of hydrogen-bond acceptors (Lipinski definition) is 5. The van der Waals surface area contributed by atoms with Crippen molar-refractivity contribution in [3.05, 3.63) is 47.5 Å². The number of amides is 1. The number of aryl methyl sites for hydroxylation is 1. The molecule has 2 aliphatic heterocycles. The number of rotatable bonds is 6. The summed E-state index contributed by atoms with van der Waals surface area (Å²) >= 11 is 0. The van der Waals surface area contributed by atoms with Crippen molar-refractivity contribution in [3.8, 4) is 0 Å². The molecule has 4 rings (SSSR count). The SMILES string of the molecule is CCc1ccc(C(C)NC(=O)C2CCCN(c3ccc(N4CCCCC4)nn3)C2)cc1. The third-order valence-corrected chi connectivity index (χ3v) is 6.68. The Balaban J connectivity index is 1.34. The van der Waals surface area contributed by atoms with Crippen LogP contribution in [0.2, 0.25) is 0 Å². The van der Waals surface area contributed by atoms with Gasteiger partial charge >= 0.3 is 0 Å². The number of hydrogen-bond donors (Lipinski definition) is 1. The molecule has 1 N–H and O–H groups in total. The second kappa shape index (κ2) is 10.1. The zero-order chi connectivity index (χ0) is 21.6. The second-order valence-corrected chi connectivity index (χ2v) is 8.91. The lowest BCUT2D eigenvalue weighted by Gasteiger charge is -2.33. The van der Waals surface area contributed by atoms with Gasteiger partial charge in [-0.3, -0.25) is 4.79 Å². The molecule has 0 spiro atoms. The summed E-state index contributed by atoms with van der Waals surface area (Å²) in [6, 6.07) is 12.7. The molecule has 0 bridgehead atoms. The minimum Gasteiger partial charge on any atom is -0.355 e. The molecule has 166 valence electrons. The molecule has 31 heavy (non-hydrogen) atoms. The summed E-state index contributed by atoms with van der Waals surface area (Å²) in [4.78, 5) is 17.5. The summed E-state index contributed by atoms with van der Waals surface area (Å²) in [5.74, 6) is 1.96. The van der Waals surface area contributed by atoms with Crippen molar-refractivity contribution in [1.82, 2.24) is 15.5 Å². The Morgan fingerprint density at radius 3 is 2.26 bits per heavy atom. The Morgan fingerprint density at radius 1 is 0.968 bits per heavy atom. The monoisotopic (exact) mass is 421 g/mol. The van der Waals surface area contributed by atoms with Crippen molar-refractivity contribution < 1.29 is 4.79 Å². The van der Waals surface area contributed by atoms with Crippen LogP contribution < -0.4 is 15.1 Å². The maximum Gasteiger partial charge on any atom is 0.225 e. The van der Waals surface area contributed by atoms with Gasteiger partial charge in [-0.2, -0.15) is 0 Å². The Bertz CT molecular complexity index is 845. The molecule has 2 unspecified atom stereocenters. The van der Waals surface area contributed by atoms with E-state index in [0.717, 1.165) is 56.1 Å². The summed E-state index contributed by atoms with van der Waals surface area (Å²) < 4.78 is 0. The lowest BCUT2D eigenvalue weighted by atomic mass is 9.96. The van der Waals surface area contributed by atoms with E-state index in [0.29, 0.717) is 6.54 Å². The maximum atomic E-state index is 13.0. The summed E-state index contributed by atoms with van der Waals surface area (Å²) in [7, 11) is 0. The molecule has 2 fully saturated rings. The van der Waals surface area contributed by atoms with Crippen LogP contribution in [0.4, 0.5) is 11.6 Å². The van der Waals surface area contributed by atoms with Gasteiger partial charge in [-0.25, -0.2) is 0 Å². The second-order valence-electron chi connectivity index (χ2n) is 8.91. The fraction of sp³-hybridized carbons (Fsp3) is 0.560.